The van der Waals surface area contributed by atoms with Crippen LogP contribution < -0.4 is 9.64 Å². The third-order valence-electron chi connectivity index (χ3n) is 4.73. The third-order valence-corrected chi connectivity index (χ3v) is 4.73. The number of nitrogens with zero attached hydrogens (tertiary/aromatic N) is 1. The SMILES string of the molecule is Cc1cc(C)c(N2C3=C(CCC=C3)Oc3ccccc32)cc1C. The summed E-state index contributed by atoms with van der Waals surface area (Å²) in [5.74, 6) is 2.02. The van der Waals surface area contributed by atoms with Crippen molar-refractivity contribution in [1.29, 1.82) is 0 Å². The quantitative estimate of drug-likeness (QED) is 0.669. The number of benzene rings is 2. The van der Waals surface area contributed by atoms with Crippen LogP contribution >= 0.6 is 0 Å². The minimum absolute atomic E-state index is 0.944. The maximum Gasteiger partial charge on any atom is 0.151 e. The maximum atomic E-state index is 6.17. The van der Waals surface area contributed by atoms with E-state index in [0.29, 0.717) is 0 Å². The molecule has 2 aromatic carbocycles. The molecule has 4 rings (SSSR count). The highest BCUT2D eigenvalue weighted by atomic mass is 16.5. The number of fused-ring (bicyclic) bond motifs is 1. The van der Waals surface area contributed by atoms with E-state index in [1.54, 1.807) is 0 Å². The number of aryl methyl sites for hydroxylation is 3. The van der Waals surface area contributed by atoms with Gasteiger partial charge in [0, 0.05) is 12.1 Å². The molecule has 0 unspecified atom stereocenters. The number of anilines is 2. The molecule has 0 saturated carbocycles. The van der Waals surface area contributed by atoms with E-state index >= 15 is 0 Å². The first kappa shape index (κ1) is 14.1. The van der Waals surface area contributed by atoms with Gasteiger partial charge in [-0.15, -0.1) is 0 Å². The van der Waals surface area contributed by atoms with Gasteiger partial charge in [0.25, 0.3) is 0 Å². The van der Waals surface area contributed by atoms with E-state index in [1.165, 1.54) is 28.1 Å². The topological polar surface area (TPSA) is 12.5 Å². The summed E-state index contributed by atoms with van der Waals surface area (Å²) in [5.41, 5.74) is 7.46. The number of ether oxygens (including phenoxy) is 1. The molecule has 0 aromatic heterocycles. The number of rotatable bonds is 1. The summed E-state index contributed by atoms with van der Waals surface area (Å²) in [6.07, 6.45) is 6.43. The molecule has 1 aliphatic carbocycles. The van der Waals surface area contributed by atoms with Gasteiger partial charge in [0.15, 0.2) is 5.75 Å². The minimum atomic E-state index is 0.944. The molecule has 0 saturated heterocycles. The van der Waals surface area contributed by atoms with Crippen LogP contribution in [-0.2, 0) is 0 Å². The van der Waals surface area contributed by atoms with Crippen molar-refractivity contribution in [3.8, 4) is 5.75 Å². The standard InChI is InChI=1S/C21H21NO/c1-14-12-16(3)19(13-15(14)2)22-17-8-4-6-10-20(17)23-21-11-7-5-9-18(21)22/h4-6,8-10,12-13H,7,11H2,1-3H3. The first-order chi connectivity index (χ1) is 11.1. The van der Waals surface area contributed by atoms with Crippen LogP contribution in [0.2, 0.25) is 0 Å². The van der Waals surface area contributed by atoms with E-state index in [2.05, 4.69) is 68.2 Å². The predicted octanol–water partition coefficient (Wildman–Crippen LogP) is 5.70. The molecule has 2 aromatic rings. The molecule has 2 heteroatoms. The average Bonchev–Trinajstić information content (AvgIpc) is 2.56. The Balaban J connectivity index is 1.96. The monoisotopic (exact) mass is 303 g/mol. The number of allylic oxidation sites excluding steroid dienone is 3. The summed E-state index contributed by atoms with van der Waals surface area (Å²) in [7, 11) is 0. The van der Waals surface area contributed by atoms with Gasteiger partial charge in [-0.2, -0.15) is 0 Å². The molecule has 23 heavy (non-hydrogen) atoms. The van der Waals surface area contributed by atoms with Crippen molar-refractivity contribution in [2.45, 2.75) is 33.6 Å². The van der Waals surface area contributed by atoms with Gasteiger partial charge >= 0.3 is 0 Å². The Hall–Kier alpha value is -2.48. The second kappa shape index (κ2) is 5.31. The second-order valence-corrected chi connectivity index (χ2v) is 6.38. The van der Waals surface area contributed by atoms with Crippen molar-refractivity contribution in [2.24, 2.45) is 0 Å². The summed E-state index contributed by atoms with van der Waals surface area (Å²) in [6, 6.07) is 12.9. The fourth-order valence-corrected chi connectivity index (χ4v) is 3.37. The van der Waals surface area contributed by atoms with Crippen molar-refractivity contribution >= 4 is 11.4 Å². The van der Waals surface area contributed by atoms with Crippen LogP contribution in [0.15, 0.2) is 60.0 Å². The maximum absolute atomic E-state index is 6.17. The molecular weight excluding hydrogens is 282 g/mol. The highest BCUT2D eigenvalue weighted by Gasteiger charge is 2.28. The van der Waals surface area contributed by atoms with Crippen molar-refractivity contribution in [1.82, 2.24) is 0 Å². The average molecular weight is 303 g/mol. The fraction of sp³-hybridized carbons (Fsp3) is 0.238. The Kier molecular flexibility index (Phi) is 3.26. The Morgan fingerprint density at radius 1 is 0.913 bits per heavy atom. The number of para-hydroxylation sites is 2. The molecule has 0 atom stereocenters. The van der Waals surface area contributed by atoms with Gasteiger partial charge in [-0.3, -0.25) is 0 Å². The van der Waals surface area contributed by atoms with Crippen LogP contribution in [0, 0.1) is 20.8 Å². The van der Waals surface area contributed by atoms with Crippen LogP contribution in [0.3, 0.4) is 0 Å². The van der Waals surface area contributed by atoms with Crippen LogP contribution in [0.4, 0.5) is 11.4 Å². The largest absolute Gasteiger partial charge is 0.457 e. The van der Waals surface area contributed by atoms with Gasteiger partial charge in [0.2, 0.25) is 0 Å². The van der Waals surface area contributed by atoms with E-state index in [-0.39, 0.29) is 0 Å². The second-order valence-electron chi connectivity index (χ2n) is 6.38. The van der Waals surface area contributed by atoms with Crippen LogP contribution in [-0.4, -0.2) is 0 Å². The van der Waals surface area contributed by atoms with Crippen molar-refractivity contribution in [3.05, 3.63) is 76.7 Å². The van der Waals surface area contributed by atoms with E-state index in [1.807, 2.05) is 6.07 Å². The van der Waals surface area contributed by atoms with Crippen molar-refractivity contribution in [2.75, 3.05) is 4.90 Å². The lowest BCUT2D eigenvalue weighted by Gasteiger charge is -2.36. The Morgan fingerprint density at radius 2 is 1.70 bits per heavy atom. The fourth-order valence-electron chi connectivity index (χ4n) is 3.37. The third kappa shape index (κ3) is 2.26. The van der Waals surface area contributed by atoms with Crippen LogP contribution in [0.5, 0.6) is 5.75 Å². The zero-order valence-electron chi connectivity index (χ0n) is 13.9. The van der Waals surface area contributed by atoms with Crippen molar-refractivity contribution in [3.63, 3.8) is 0 Å². The van der Waals surface area contributed by atoms with Gasteiger partial charge in [0.05, 0.1) is 11.4 Å². The first-order valence-corrected chi connectivity index (χ1v) is 8.19. The van der Waals surface area contributed by atoms with Gasteiger partial charge in [-0.25, -0.2) is 0 Å². The minimum Gasteiger partial charge on any atom is -0.457 e. The normalized spacial score (nSPS) is 16.0. The van der Waals surface area contributed by atoms with Gasteiger partial charge < -0.3 is 9.64 Å². The van der Waals surface area contributed by atoms with Crippen LogP contribution in [0.1, 0.15) is 29.5 Å². The molecule has 0 radical (unpaired) electrons. The van der Waals surface area contributed by atoms with Crippen molar-refractivity contribution < 1.29 is 4.74 Å². The Bertz CT molecular complexity index is 845. The molecule has 0 amide bonds. The van der Waals surface area contributed by atoms with Crippen LogP contribution in [0.25, 0.3) is 0 Å². The van der Waals surface area contributed by atoms with Gasteiger partial charge in [-0.05, 0) is 68.2 Å². The van der Waals surface area contributed by atoms with Gasteiger partial charge in [-0.1, -0.05) is 24.3 Å². The highest BCUT2D eigenvalue weighted by molar-refractivity contribution is 5.79. The summed E-state index contributed by atoms with van der Waals surface area (Å²) in [5, 5.41) is 0. The molecule has 2 nitrogen and oxygen atoms in total. The molecule has 0 spiro atoms. The van der Waals surface area contributed by atoms with E-state index in [0.717, 1.165) is 30.0 Å². The molecule has 0 N–H and O–H groups in total. The predicted molar refractivity (Wildman–Crippen MR) is 95.3 cm³/mol. The molecular formula is C21H21NO. The Morgan fingerprint density at radius 3 is 2.57 bits per heavy atom. The lowest BCUT2D eigenvalue weighted by molar-refractivity contribution is 0.388. The molecule has 116 valence electrons. The summed E-state index contributed by atoms with van der Waals surface area (Å²) in [6.45, 7) is 6.54. The molecule has 1 aliphatic heterocycles. The zero-order chi connectivity index (χ0) is 16.0. The Labute approximate surface area is 137 Å². The van der Waals surface area contributed by atoms with Gasteiger partial charge in [0.1, 0.15) is 5.76 Å². The van der Waals surface area contributed by atoms with E-state index < -0.39 is 0 Å². The van der Waals surface area contributed by atoms with E-state index in [9.17, 15) is 0 Å². The molecule has 1 heterocycles. The number of hydrogen-bond acceptors (Lipinski definition) is 2. The first-order valence-electron chi connectivity index (χ1n) is 8.19. The summed E-state index contributed by atoms with van der Waals surface area (Å²) in [4.78, 5) is 2.35. The van der Waals surface area contributed by atoms with E-state index in [4.69, 9.17) is 4.74 Å². The number of hydrogen-bond donors (Lipinski definition) is 0. The molecule has 2 aliphatic rings. The molecule has 0 fully saturated rings. The summed E-state index contributed by atoms with van der Waals surface area (Å²) >= 11 is 0. The zero-order valence-corrected chi connectivity index (χ0v) is 13.9. The lowest BCUT2D eigenvalue weighted by atomic mass is 10.0. The lowest BCUT2D eigenvalue weighted by Crippen LogP contribution is -2.25. The molecule has 0 bridgehead atoms. The smallest absolute Gasteiger partial charge is 0.151 e. The highest BCUT2D eigenvalue weighted by Crippen LogP contribution is 2.45. The summed E-state index contributed by atoms with van der Waals surface area (Å²) < 4.78 is 6.17.